The molecule has 1 heterocycles. The van der Waals surface area contributed by atoms with E-state index in [2.05, 4.69) is 4.72 Å². The number of rotatable bonds is 6. The van der Waals surface area contributed by atoms with Gasteiger partial charge in [-0.05, 0) is 54.8 Å². The lowest BCUT2D eigenvalue weighted by Crippen LogP contribution is -2.38. The molecular formula is C22H18F2N2O6S2. The van der Waals surface area contributed by atoms with E-state index in [1.165, 1.54) is 30.3 Å². The maximum absolute atomic E-state index is 14.0. The van der Waals surface area contributed by atoms with Gasteiger partial charge in [-0.15, -0.1) is 0 Å². The molecule has 0 saturated heterocycles. The Balaban J connectivity index is 1.63. The number of hydrogen-bond donors (Lipinski definition) is 1. The van der Waals surface area contributed by atoms with Gasteiger partial charge in [-0.3, -0.25) is 4.72 Å². The van der Waals surface area contributed by atoms with Crippen molar-refractivity contribution in [3.8, 4) is 0 Å². The lowest BCUT2D eigenvalue weighted by Gasteiger charge is -2.29. The fourth-order valence-corrected chi connectivity index (χ4v) is 5.75. The molecule has 0 fully saturated rings. The molecule has 1 N–H and O–H groups in total. The summed E-state index contributed by atoms with van der Waals surface area (Å²) in [6.45, 7) is 0.000195. The minimum absolute atomic E-state index is 0.000195. The van der Waals surface area contributed by atoms with Crippen LogP contribution in [-0.2, 0) is 30.9 Å². The maximum atomic E-state index is 14.0. The second-order valence-corrected chi connectivity index (χ2v) is 10.5. The average molecular weight is 509 g/mol. The van der Waals surface area contributed by atoms with Gasteiger partial charge in [0.15, 0.2) is 0 Å². The van der Waals surface area contributed by atoms with E-state index in [0.29, 0.717) is 24.5 Å². The number of halogens is 2. The molecule has 3 aromatic carbocycles. The SMILES string of the molecule is O=C(OS(=O)(=O)N1CCCc2ccc(NS(=O)(=O)c3ccc(F)cc3F)cc21)c1ccccc1. The molecule has 34 heavy (non-hydrogen) atoms. The lowest BCUT2D eigenvalue weighted by molar-refractivity contribution is 0.0746. The Morgan fingerprint density at radius 3 is 2.38 bits per heavy atom. The minimum Gasteiger partial charge on any atom is -0.325 e. The van der Waals surface area contributed by atoms with E-state index >= 15 is 0 Å². The normalized spacial score (nSPS) is 13.8. The van der Waals surface area contributed by atoms with Gasteiger partial charge < -0.3 is 4.18 Å². The van der Waals surface area contributed by atoms with Crippen LogP contribution < -0.4 is 9.03 Å². The molecule has 178 valence electrons. The number of fused-ring (bicyclic) bond motifs is 1. The molecule has 0 spiro atoms. The van der Waals surface area contributed by atoms with Gasteiger partial charge in [0.2, 0.25) is 0 Å². The Bertz CT molecular complexity index is 1460. The zero-order chi connectivity index (χ0) is 24.5. The molecular weight excluding hydrogens is 490 g/mol. The number of nitrogens with zero attached hydrogens (tertiary/aromatic N) is 1. The van der Waals surface area contributed by atoms with Gasteiger partial charge in [-0.25, -0.2) is 26.3 Å². The molecule has 0 amide bonds. The first-order chi connectivity index (χ1) is 16.1. The Kier molecular flexibility index (Phi) is 6.28. The van der Waals surface area contributed by atoms with Gasteiger partial charge in [0.05, 0.1) is 16.9 Å². The number of aryl methyl sites for hydroxylation is 1. The van der Waals surface area contributed by atoms with Crippen LogP contribution in [0.2, 0.25) is 0 Å². The molecule has 0 saturated carbocycles. The smallest absolute Gasteiger partial charge is 0.325 e. The zero-order valence-electron chi connectivity index (χ0n) is 17.4. The summed E-state index contributed by atoms with van der Waals surface area (Å²) < 4.78 is 86.0. The Morgan fingerprint density at radius 1 is 0.941 bits per heavy atom. The summed E-state index contributed by atoms with van der Waals surface area (Å²) in [5.41, 5.74) is 0.693. The number of hydrogen-bond acceptors (Lipinski definition) is 6. The average Bonchev–Trinajstić information content (AvgIpc) is 2.78. The third kappa shape index (κ3) is 4.87. The van der Waals surface area contributed by atoms with Crippen molar-refractivity contribution in [2.24, 2.45) is 0 Å². The highest BCUT2D eigenvalue weighted by molar-refractivity contribution is 7.92. The predicted octanol–water partition coefficient (Wildman–Crippen LogP) is 3.62. The third-order valence-corrected chi connectivity index (χ3v) is 7.75. The Labute approximate surface area is 195 Å². The Morgan fingerprint density at radius 2 is 1.68 bits per heavy atom. The first-order valence-electron chi connectivity index (χ1n) is 9.99. The van der Waals surface area contributed by atoms with Crippen molar-refractivity contribution < 1.29 is 34.6 Å². The van der Waals surface area contributed by atoms with Gasteiger partial charge in [0.1, 0.15) is 16.5 Å². The van der Waals surface area contributed by atoms with Gasteiger partial charge in [0.25, 0.3) is 10.0 Å². The van der Waals surface area contributed by atoms with Crippen LogP contribution in [0.15, 0.2) is 71.6 Å². The van der Waals surface area contributed by atoms with Crippen molar-refractivity contribution in [1.82, 2.24) is 0 Å². The first-order valence-corrected chi connectivity index (χ1v) is 12.8. The molecule has 8 nitrogen and oxygen atoms in total. The summed E-state index contributed by atoms with van der Waals surface area (Å²) in [6.07, 6.45) is 0.953. The van der Waals surface area contributed by atoms with Gasteiger partial charge in [-0.1, -0.05) is 24.3 Å². The van der Waals surface area contributed by atoms with E-state index < -0.39 is 42.8 Å². The minimum atomic E-state index is -4.56. The fourth-order valence-electron chi connectivity index (χ4n) is 3.50. The number of benzene rings is 3. The van der Waals surface area contributed by atoms with Gasteiger partial charge >= 0.3 is 16.3 Å². The molecule has 4 rings (SSSR count). The topological polar surface area (TPSA) is 110 Å². The monoisotopic (exact) mass is 508 g/mol. The number of sulfonamides is 1. The molecule has 3 aromatic rings. The quantitative estimate of drug-likeness (QED) is 0.545. The van der Waals surface area contributed by atoms with E-state index in [1.54, 1.807) is 18.2 Å². The summed E-state index contributed by atoms with van der Waals surface area (Å²) >= 11 is 0. The van der Waals surface area contributed by atoms with Crippen LogP contribution in [-0.4, -0.2) is 29.3 Å². The van der Waals surface area contributed by atoms with Crippen molar-refractivity contribution in [2.45, 2.75) is 17.7 Å². The van der Waals surface area contributed by atoms with Crippen LogP contribution in [0.25, 0.3) is 0 Å². The maximum Gasteiger partial charge on any atom is 0.412 e. The van der Waals surface area contributed by atoms with Crippen molar-refractivity contribution in [3.63, 3.8) is 0 Å². The highest BCUT2D eigenvalue weighted by Gasteiger charge is 2.32. The lowest BCUT2D eigenvalue weighted by atomic mass is 10.0. The fraction of sp³-hybridized carbons (Fsp3) is 0.136. The highest BCUT2D eigenvalue weighted by atomic mass is 32.2. The number of nitrogens with one attached hydrogen (secondary N) is 1. The molecule has 12 heteroatoms. The largest absolute Gasteiger partial charge is 0.412 e. The van der Waals surface area contributed by atoms with E-state index in [1.807, 2.05) is 0 Å². The Hall–Kier alpha value is -3.51. The highest BCUT2D eigenvalue weighted by Crippen LogP contribution is 2.33. The van der Waals surface area contributed by atoms with E-state index in [0.717, 1.165) is 16.4 Å². The molecule has 1 aliphatic heterocycles. The van der Waals surface area contributed by atoms with E-state index in [9.17, 15) is 30.4 Å². The van der Waals surface area contributed by atoms with Crippen LogP contribution in [0.5, 0.6) is 0 Å². The summed E-state index contributed by atoms with van der Waals surface area (Å²) in [4.78, 5) is 11.5. The summed E-state index contributed by atoms with van der Waals surface area (Å²) in [6, 6.07) is 13.8. The molecule has 1 aliphatic rings. The number of carbonyl (C=O) groups excluding carboxylic acids is 1. The second kappa shape index (κ2) is 9.03. The molecule has 0 unspecified atom stereocenters. The van der Waals surface area contributed by atoms with Crippen LogP contribution >= 0.6 is 0 Å². The van der Waals surface area contributed by atoms with E-state index in [-0.39, 0.29) is 23.5 Å². The van der Waals surface area contributed by atoms with Crippen molar-refractivity contribution in [2.75, 3.05) is 15.6 Å². The van der Waals surface area contributed by atoms with Crippen LogP contribution in [0.4, 0.5) is 20.2 Å². The van der Waals surface area contributed by atoms with Gasteiger partial charge in [0, 0.05) is 12.6 Å². The van der Waals surface area contributed by atoms with Crippen LogP contribution in [0, 0.1) is 11.6 Å². The summed E-state index contributed by atoms with van der Waals surface area (Å²) in [7, 11) is -9.00. The molecule has 0 aromatic heterocycles. The van der Waals surface area contributed by atoms with Crippen LogP contribution in [0.3, 0.4) is 0 Å². The number of anilines is 2. The molecule has 0 atom stereocenters. The van der Waals surface area contributed by atoms with Crippen LogP contribution in [0.1, 0.15) is 22.3 Å². The third-order valence-electron chi connectivity index (χ3n) is 5.06. The van der Waals surface area contributed by atoms with E-state index in [4.69, 9.17) is 4.18 Å². The second-order valence-electron chi connectivity index (χ2n) is 7.39. The van der Waals surface area contributed by atoms with Crippen molar-refractivity contribution >= 4 is 37.7 Å². The number of carbonyl (C=O) groups is 1. The van der Waals surface area contributed by atoms with Crippen molar-refractivity contribution in [3.05, 3.63) is 89.5 Å². The summed E-state index contributed by atoms with van der Waals surface area (Å²) in [5, 5.41) is 0. The van der Waals surface area contributed by atoms with Gasteiger partial charge in [-0.2, -0.15) is 8.42 Å². The molecule has 0 radical (unpaired) electrons. The standard InChI is InChI=1S/C22H18F2N2O6S2/c23-17-9-11-21(19(24)13-17)33(28,29)25-18-10-8-15-7-4-12-26(20(15)14-18)34(30,31)32-22(27)16-5-2-1-3-6-16/h1-3,5-6,8-11,13-14,25H,4,7,12H2. The summed E-state index contributed by atoms with van der Waals surface area (Å²) in [5.74, 6) is -3.27. The zero-order valence-corrected chi connectivity index (χ0v) is 19.1. The molecule has 0 aliphatic carbocycles. The van der Waals surface area contributed by atoms with Crippen molar-refractivity contribution in [1.29, 1.82) is 0 Å². The predicted molar refractivity (Wildman–Crippen MR) is 120 cm³/mol. The first kappa shape index (κ1) is 23.6. The molecule has 0 bridgehead atoms.